The molecular formula is C14H16N4O4. The van der Waals surface area contributed by atoms with E-state index in [0.717, 1.165) is 0 Å². The van der Waals surface area contributed by atoms with Crippen molar-refractivity contribution < 1.29 is 19.1 Å². The monoisotopic (exact) mass is 304 g/mol. The van der Waals surface area contributed by atoms with Crippen LogP contribution in [0.5, 0.6) is 5.75 Å². The molecule has 0 atom stereocenters. The summed E-state index contributed by atoms with van der Waals surface area (Å²) in [6.45, 7) is 2.34. The van der Waals surface area contributed by atoms with E-state index in [0.29, 0.717) is 23.6 Å². The zero-order valence-electron chi connectivity index (χ0n) is 12.0. The topological polar surface area (TPSA) is 120 Å². The van der Waals surface area contributed by atoms with Gasteiger partial charge in [-0.1, -0.05) is 0 Å². The number of nitrogens with one attached hydrogen (secondary N) is 1. The molecule has 0 saturated carbocycles. The van der Waals surface area contributed by atoms with Crippen LogP contribution in [-0.2, 0) is 9.53 Å². The second-order valence-electron chi connectivity index (χ2n) is 4.31. The summed E-state index contributed by atoms with van der Waals surface area (Å²) in [6, 6.07) is 6.87. The van der Waals surface area contributed by atoms with Gasteiger partial charge in [-0.3, -0.25) is 9.59 Å². The summed E-state index contributed by atoms with van der Waals surface area (Å²) >= 11 is 0. The fourth-order valence-electron chi connectivity index (χ4n) is 1.80. The second-order valence-corrected chi connectivity index (χ2v) is 4.31. The molecule has 0 unspecified atom stereocenters. The van der Waals surface area contributed by atoms with Gasteiger partial charge in [0.05, 0.1) is 19.6 Å². The third-order valence-corrected chi connectivity index (χ3v) is 2.79. The highest BCUT2D eigenvalue weighted by Crippen LogP contribution is 2.22. The first kappa shape index (κ1) is 15.5. The van der Waals surface area contributed by atoms with Crippen molar-refractivity contribution in [2.75, 3.05) is 13.2 Å². The number of rotatable bonds is 7. The van der Waals surface area contributed by atoms with Gasteiger partial charge in [0.1, 0.15) is 11.4 Å². The number of carbonyl (C=O) groups excluding carboxylic acids is 2. The van der Waals surface area contributed by atoms with Crippen LogP contribution in [0.1, 0.15) is 23.8 Å². The predicted octanol–water partition coefficient (Wildman–Crippen LogP) is 0.903. The molecule has 1 aromatic heterocycles. The Balaban J connectivity index is 1.97. The number of nitrogens with zero attached hydrogens (tertiary/aromatic N) is 2. The summed E-state index contributed by atoms with van der Waals surface area (Å²) in [4.78, 5) is 22.4. The number of benzene rings is 1. The summed E-state index contributed by atoms with van der Waals surface area (Å²) in [5, 5.41) is 9.98. The van der Waals surface area contributed by atoms with E-state index in [1.807, 2.05) is 0 Å². The number of hydrogen-bond acceptors (Lipinski definition) is 6. The van der Waals surface area contributed by atoms with Crippen LogP contribution in [0.4, 0.5) is 0 Å². The molecule has 22 heavy (non-hydrogen) atoms. The molecule has 2 aromatic rings. The number of ether oxygens (including phenoxy) is 2. The van der Waals surface area contributed by atoms with Gasteiger partial charge in [0.25, 0.3) is 5.91 Å². The quantitative estimate of drug-likeness (QED) is 0.733. The normalized spacial score (nSPS) is 10.2. The number of carbonyl (C=O) groups is 2. The van der Waals surface area contributed by atoms with Crippen molar-refractivity contribution in [1.29, 1.82) is 0 Å². The molecule has 0 aliphatic carbocycles. The molecule has 0 bridgehead atoms. The Kier molecular flexibility index (Phi) is 5.07. The molecule has 0 spiro atoms. The Morgan fingerprint density at radius 3 is 2.59 bits per heavy atom. The summed E-state index contributed by atoms with van der Waals surface area (Å²) in [5.74, 6) is -0.358. The molecule has 1 heterocycles. The third-order valence-electron chi connectivity index (χ3n) is 2.79. The Labute approximate surface area is 126 Å². The van der Waals surface area contributed by atoms with E-state index in [1.165, 1.54) is 0 Å². The van der Waals surface area contributed by atoms with Crippen molar-refractivity contribution in [3.05, 3.63) is 30.0 Å². The predicted molar refractivity (Wildman–Crippen MR) is 77.1 cm³/mol. The highest BCUT2D eigenvalue weighted by molar-refractivity contribution is 5.96. The zero-order chi connectivity index (χ0) is 15.9. The SMILES string of the molecule is CCOC(=O)CCOc1ccc(-c2n[nH]nc2C(N)=O)cc1. The summed E-state index contributed by atoms with van der Waals surface area (Å²) in [7, 11) is 0. The summed E-state index contributed by atoms with van der Waals surface area (Å²) < 4.78 is 10.2. The first-order valence-corrected chi connectivity index (χ1v) is 6.71. The minimum Gasteiger partial charge on any atom is -0.493 e. The first-order chi connectivity index (χ1) is 10.6. The fraction of sp³-hybridized carbons (Fsp3) is 0.286. The molecule has 0 radical (unpaired) electrons. The Morgan fingerprint density at radius 2 is 1.95 bits per heavy atom. The molecular weight excluding hydrogens is 288 g/mol. The van der Waals surface area contributed by atoms with Crippen LogP contribution in [0, 0.1) is 0 Å². The Hall–Kier alpha value is -2.90. The number of esters is 1. The van der Waals surface area contributed by atoms with Gasteiger partial charge in [0.15, 0.2) is 5.69 Å². The van der Waals surface area contributed by atoms with Crippen molar-refractivity contribution in [3.63, 3.8) is 0 Å². The van der Waals surface area contributed by atoms with Gasteiger partial charge in [-0.2, -0.15) is 15.4 Å². The number of amides is 1. The van der Waals surface area contributed by atoms with Gasteiger partial charge in [-0.05, 0) is 31.2 Å². The van der Waals surface area contributed by atoms with Gasteiger partial charge < -0.3 is 15.2 Å². The maximum Gasteiger partial charge on any atom is 0.309 e. The first-order valence-electron chi connectivity index (χ1n) is 6.71. The van der Waals surface area contributed by atoms with E-state index in [4.69, 9.17) is 15.2 Å². The van der Waals surface area contributed by atoms with Crippen LogP contribution in [0.15, 0.2) is 24.3 Å². The average Bonchev–Trinajstić information content (AvgIpc) is 2.98. The van der Waals surface area contributed by atoms with E-state index in [-0.39, 0.29) is 24.7 Å². The van der Waals surface area contributed by atoms with Crippen molar-refractivity contribution >= 4 is 11.9 Å². The van der Waals surface area contributed by atoms with Crippen LogP contribution < -0.4 is 10.5 Å². The minimum atomic E-state index is -0.654. The largest absolute Gasteiger partial charge is 0.493 e. The molecule has 8 nitrogen and oxygen atoms in total. The van der Waals surface area contributed by atoms with Crippen molar-refractivity contribution in [2.45, 2.75) is 13.3 Å². The number of aromatic nitrogens is 3. The van der Waals surface area contributed by atoms with Crippen LogP contribution in [-0.4, -0.2) is 40.5 Å². The molecule has 0 fully saturated rings. The van der Waals surface area contributed by atoms with E-state index in [2.05, 4.69) is 15.4 Å². The summed E-state index contributed by atoms with van der Waals surface area (Å²) in [5.41, 5.74) is 6.36. The lowest BCUT2D eigenvalue weighted by molar-refractivity contribution is -0.143. The van der Waals surface area contributed by atoms with Gasteiger partial charge in [0.2, 0.25) is 0 Å². The number of H-pyrrole nitrogens is 1. The minimum absolute atomic E-state index is 0.0796. The highest BCUT2D eigenvalue weighted by atomic mass is 16.5. The van der Waals surface area contributed by atoms with Gasteiger partial charge in [0, 0.05) is 5.56 Å². The number of nitrogens with two attached hydrogens (primary N) is 1. The van der Waals surface area contributed by atoms with Crippen LogP contribution in [0.3, 0.4) is 0 Å². The van der Waals surface area contributed by atoms with E-state index < -0.39 is 5.91 Å². The van der Waals surface area contributed by atoms with E-state index in [9.17, 15) is 9.59 Å². The van der Waals surface area contributed by atoms with E-state index in [1.54, 1.807) is 31.2 Å². The number of aromatic amines is 1. The molecule has 0 aliphatic heterocycles. The lowest BCUT2D eigenvalue weighted by atomic mass is 10.1. The van der Waals surface area contributed by atoms with Gasteiger partial charge in [-0.15, -0.1) is 0 Å². The van der Waals surface area contributed by atoms with Crippen LogP contribution >= 0.6 is 0 Å². The highest BCUT2D eigenvalue weighted by Gasteiger charge is 2.14. The standard InChI is InChI=1S/C14H16N4O4/c1-2-21-11(19)7-8-22-10-5-3-9(4-6-10)12-13(14(15)20)17-18-16-12/h3-6H,2,7-8H2,1H3,(H2,15,20)(H,16,17,18). The Morgan fingerprint density at radius 1 is 1.23 bits per heavy atom. The number of hydrogen-bond donors (Lipinski definition) is 2. The molecule has 0 aliphatic rings. The molecule has 1 amide bonds. The average molecular weight is 304 g/mol. The van der Waals surface area contributed by atoms with Crippen molar-refractivity contribution in [3.8, 4) is 17.0 Å². The van der Waals surface area contributed by atoms with Gasteiger partial charge in [-0.25, -0.2) is 0 Å². The van der Waals surface area contributed by atoms with Crippen LogP contribution in [0.2, 0.25) is 0 Å². The van der Waals surface area contributed by atoms with Gasteiger partial charge >= 0.3 is 5.97 Å². The third kappa shape index (κ3) is 3.81. The molecule has 8 heteroatoms. The molecule has 116 valence electrons. The lowest BCUT2D eigenvalue weighted by Gasteiger charge is -2.06. The lowest BCUT2D eigenvalue weighted by Crippen LogP contribution is -2.12. The van der Waals surface area contributed by atoms with E-state index >= 15 is 0 Å². The Bertz CT molecular complexity index is 651. The van der Waals surface area contributed by atoms with Crippen LogP contribution in [0.25, 0.3) is 11.3 Å². The smallest absolute Gasteiger partial charge is 0.309 e. The van der Waals surface area contributed by atoms with Crippen molar-refractivity contribution in [2.24, 2.45) is 5.73 Å². The zero-order valence-corrected chi connectivity index (χ0v) is 12.0. The van der Waals surface area contributed by atoms with Crippen molar-refractivity contribution in [1.82, 2.24) is 15.4 Å². The molecule has 1 aromatic carbocycles. The second kappa shape index (κ2) is 7.21. The maximum atomic E-state index is 11.2. The molecule has 3 N–H and O–H groups in total. The fourth-order valence-corrected chi connectivity index (χ4v) is 1.80. The maximum absolute atomic E-state index is 11.2. The molecule has 2 rings (SSSR count). The molecule has 0 saturated heterocycles. The summed E-state index contributed by atoms with van der Waals surface area (Å²) in [6.07, 6.45) is 0.185. The number of primary amides is 1.